The minimum Gasteiger partial charge on any atom is -0.296 e. The molecule has 6 heteroatoms. The Balaban J connectivity index is 2.45. The van der Waals surface area contributed by atoms with Crippen molar-refractivity contribution in [3.05, 3.63) is 6.20 Å². The number of terminal acetylenes is 1. The zero-order valence-electron chi connectivity index (χ0n) is 5.37. The summed E-state index contributed by atoms with van der Waals surface area (Å²) in [6.07, 6.45) is 6.24. The molecule has 2 N–H and O–H groups in total. The van der Waals surface area contributed by atoms with Crippen molar-refractivity contribution in [2.75, 3.05) is 5.32 Å². The maximum Gasteiger partial charge on any atom is 0.331 e. The molecular formula is C5H4N4OS. The van der Waals surface area contributed by atoms with Crippen LogP contribution in [0.3, 0.4) is 0 Å². The van der Waals surface area contributed by atoms with Gasteiger partial charge in [0.2, 0.25) is 0 Å². The van der Waals surface area contributed by atoms with Gasteiger partial charge in [0.25, 0.3) is 0 Å². The van der Waals surface area contributed by atoms with Gasteiger partial charge in [-0.1, -0.05) is 10.9 Å². The zero-order chi connectivity index (χ0) is 8.10. The van der Waals surface area contributed by atoms with E-state index in [0.717, 1.165) is 11.5 Å². The van der Waals surface area contributed by atoms with Crippen LogP contribution in [0.5, 0.6) is 0 Å². The maximum absolute atomic E-state index is 10.7. The highest BCUT2D eigenvalue weighted by Gasteiger charge is 1.99. The first-order valence-electron chi connectivity index (χ1n) is 2.63. The zero-order valence-corrected chi connectivity index (χ0v) is 6.18. The molecule has 0 unspecified atom stereocenters. The summed E-state index contributed by atoms with van der Waals surface area (Å²) in [5, 5.41) is 8.60. The molecule has 0 aliphatic heterocycles. The van der Waals surface area contributed by atoms with Gasteiger partial charge < -0.3 is 0 Å². The summed E-state index contributed by atoms with van der Waals surface area (Å²) in [4.78, 5) is 10.7. The summed E-state index contributed by atoms with van der Waals surface area (Å²) in [5.41, 5.74) is 0. The number of amides is 2. The van der Waals surface area contributed by atoms with Crippen LogP contribution in [0.25, 0.3) is 0 Å². The number of hydrogen-bond donors (Lipinski definition) is 2. The van der Waals surface area contributed by atoms with Crippen molar-refractivity contribution in [1.29, 1.82) is 0 Å². The van der Waals surface area contributed by atoms with E-state index in [1.54, 1.807) is 0 Å². The van der Waals surface area contributed by atoms with E-state index in [2.05, 4.69) is 20.2 Å². The number of nitrogens with one attached hydrogen (secondary N) is 2. The Morgan fingerprint density at radius 1 is 1.82 bits per heavy atom. The largest absolute Gasteiger partial charge is 0.331 e. The van der Waals surface area contributed by atoms with Gasteiger partial charge in [0.05, 0.1) is 6.20 Å². The van der Waals surface area contributed by atoms with E-state index in [1.807, 2.05) is 6.04 Å². The topological polar surface area (TPSA) is 66.9 Å². The monoisotopic (exact) mass is 168 g/mol. The van der Waals surface area contributed by atoms with Crippen LogP contribution >= 0.6 is 11.5 Å². The predicted molar refractivity (Wildman–Crippen MR) is 40.9 cm³/mol. The Morgan fingerprint density at radius 3 is 3.18 bits per heavy atom. The molecule has 0 bridgehead atoms. The number of anilines is 1. The molecule has 1 aromatic rings. The summed E-state index contributed by atoms with van der Waals surface area (Å²) in [6.45, 7) is 0. The minimum atomic E-state index is -0.460. The van der Waals surface area contributed by atoms with E-state index in [4.69, 9.17) is 6.42 Å². The predicted octanol–water partition coefficient (Wildman–Crippen LogP) is 0.250. The number of nitrogens with zero attached hydrogens (tertiary/aromatic N) is 2. The van der Waals surface area contributed by atoms with Crippen molar-refractivity contribution >= 4 is 22.6 Å². The first kappa shape index (κ1) is 7.50. The van der Waals surface area contributed by atoms with Gasteiger partial charge in [-0.15, -0.1) is 5.10 Å². The van der Waals surface area contributed by atoms with Crippen molar-refractivity contribution in [3.63, 3.8) is 0 Å². The Morgan fingerprint density at radius 2 is 2.64 bits per heavy atom. The highest BCUT2D eigenvalue weighted by atomic mass is 32.1. The molecule has 0 fully saturated rings. The van der Waals surface area contributed by atoms with E-state index in [0.29, 0.717) is 5.00 Å². The van der Waals surface area contributed by atoms with Gasteiger partial charge in [-0.3, -0.25) is 10.6 Å². The van der Waals surface area contributed by atoms with Crippen molar-refractivity contribution < 1.29 is 4.79 Å². The average Bonchev–Trinajstić information content (AvgIpc) is 2.40. The molecule has 0 saturated heterocycles. The number of aromatic nitrogens is 2. The van der Waals surface area contributed by atoms with E-state index < -0.39 is 6.03 Å². The van der Waals surface area contributed by atoms with Crippen LogP contribution in [0.1, 0.15) is 0 Å². The van der Waals surface area contributed by atoms with Gasteiger partial charge in [0.1, 0.15) is 5.00 Å². The highest BCUT2D eigenvalue weighted by Crippen LogP contribution is 2.07. The number of rotatable bonds is 1. The third-order valence-electron chi connectivity index (χ3n) is 0.784. The van der Waals surface area contributed by atoms with Gasteiger partial charge in [-0.05, 0) is 0 Å². The summed E-state index contributed by atoms with van der Waals surface area (Å²) in [5.74, 6) is 0. The molecule has 11 heavy (non-hydrogen) atoms. The third-order valence-corrected chi connectivity index (χ3v) is 1.36. The number of hydrogen-bond acceptors (Lipinski definition) is 4. The Hall–Kier alpha value is -1.61. The molecule has 0 aliphatic carbocycles. The molecule has 0 saturated carbocycles. The second-order valence-electron chi connectivity index (χ2n) is 1.51. The first-order valence-corrected chi connectivity index (χ1v) is 3.40. The molecule has 5 nitrogen and oxygen atoms in total. The molecule has 2 amide bonds. The van der Waals surface area contributed by atoms with Crippen LogP contribution in [-0.2, 0) is 0 Å². The smallest absolute Gasteiger partial charge is 0.296 e. The molecule has 0 atom stereocenters. The van der Waals surface area contributed by atoms with E-state index in [-0.39, 0.29) is 0 Å². The molecule has 0 spiro atoms. The SMILES string of the molecule is C#CNC(=O)Nc1cnns1. The van der Waals surface area contributed by atoms with E-state index in [1.165, 1.54) is 6.20 Å². The summed E-state index contributed by atoms with van der Waals surface area (Å²) in [6, 6.07) is 1.52. The third kappa shape index (κ3) is 2.23. The van der Waals surface area contributed by atoms with Gasteiger partial charge in [0.15, 0.2) is 0 Å². The van der Waals surface area contributed by atoms with Crippen LogP contribution in [0.2, 0.25) is 0 Å². The Kier molecular flexibility index (Phi) is 2.41. The lowest BCUT2D eigenvalue weighted by Crippen LogP contribution is -2.23. The fourth-order valence-corrected chi connectivity index (χ4v) is 0.846. The second-order valence-corrected chi connectivity index (χ2v) is 2.29. The molecule has 0 aromatic carbocycles. The van der Waals surface area contributed by atoms with Crippen LogP contribution in [0, 0.1) is 12.5 Å². The van der Waals surface area contributed by atoms with Crippen LogP contribution in [-0.4, -0.2) is 15.6 Å². The van der Waals surface area contributed by atoms with Crippen LogP contribution < -0.4 is 10.6 Å². The van der Waals surface area contributed by atoms with E-state index >= 15 is 0 Å². The van der Waals surface area contributed by atoms with Gasteiger partial charge in [-0.2, -0.15) is 0 Å². The quantitative estimate of drug-likeness (QED) is 0.466. The van der Waals surface area contributed by atoms with Crippen molar-refractivity contribution in [2.24, 2.45) is 0 Å². The Bertz CT molecular complexity index is 275. The fourth-order valence-electron chi connectivity index (χ4n) is 0.431. The molecule has 1 heterocycles. The fraction of sp³-hybridized carbons (Fsp3) is 0. The lowest BCUT2D eigenvalue weighted by Gasteiger charge is -1.95. The molecular weight excluding hydrogens is 164 g/mol. The number of carbonyl (C=O) groups is 1. The maximum atomic E-state index is 10.7. The van der Waals surface area contributed by atoms with Gasteiger partial charge in [0, 0.05) is 17.6 Å². The van der Waals surface area contributed by atoms with Crippen molar-refractivity contribution in [1.82, 2.24) is 14.9 Å². The molecule has 1 rings (SSSR count). The Labute approximate surface area is 67.0 Å². The van der Waals surface area contributed by atoms with Crippen LogP contribution in [0.15, 0.2) is 6.20 Å². The molecule has 1 aromatic heterocycles. The van der Waals surface area contributed by atoms with Crippen molar-refractivity contribution in [3.8, 4) is 12.5 Å². The normalized spacial score (nSPS) is 8.27. The lowest BCUT2D eigenvalue weighted by molar-refractivity contribution is 0.255. The summed E-state index contributed by atoms with van der Waals surface area (Å²) in [7, 11) is 0. The summed E-state index contributed by atoms with van der Waals surface area (Å²) < 4.78 is 3.53. The number of carbonyl (C=O) groups excluding carboxylic acids is 1. The minimum absolute atomic E-state index is 0.460. The number of urea groups is 1. The first-order chi connectivity index (χ1) is 5.33. The molecule has 0 aliphatic rings. The lowest BCUT2D eigenvalue weighted by atomic mass is 10.8. The molecule has 0 radical (unpaired) electrons. The van der Waals surface area contributed by atoms with Gasteiger partial charge >= 0.3 is 6.03 Å². The van der Waals surface area contributed by atoms with Crippen molar-refractivity contribution in [2.45, 2.75) is 0 Å². The summed E-state index contributed by atoms with van der Waals surface area (Å²) >= 11 is 1.08. The average molecular weight is 168 g/mol. The van der Waals surface area contributed by atoms with Crippen LogP contribution in [0.4, 0.5) is 9.80 Å². The van der Waals surface area contributed by atoms with Gasteiger partial charge in [-0.25, -0.2) is 4.79 Å². The van der Waals surface area contributed by atoms with E-state index in [9.17, 15) is 4.79 Å². The second kappa shape index (κ2) is 3.53. The standard InChI is InChI=1S/C5H4N4OS/c1-2-6-5(10)8-4-3-7-9-11-4/h1,3H,(H2,6,8,10). The molecule has 56 valence electrons. The highest BCUT2D eigenvalue weighted by molar-refractivity contribution is 7.10.